The summed E-state index contributed by atoms with van der Waals surface area (Å²) in [4.78, 5) is 32.6. The minimum Gasteiger partial charge on any atom is -0.497 e. The smallest absolute Gasteiger partial charge is 0.295 e. The monoisotopic (exact) mass is 393 g/mol. The highest BCUT2D eigenvalue weighted by atomic mass is 16.5. The first-order chi connectivity index (χ1) is 14.1. The Labute approximate surface area is 168 Å². The molecule has 0 unspecified atom stereocenters. The number of carbonyl (C=O) groups is 2. The first kappa shape index (κ1) is 18.9. The maximum atomic E-state index is 12.9. The molecule has 1 aromatic heterocycles. The fourth-order valence-corrected chi connectivity index (χ4v) is 3.63. The first-order valence-electron chi connectivity index (χ1n) is 9.48. The number of carbonyl (C=O) groups excluding carboxylic acids is 2. The predicted molar refractivity (Wildman–Crippen MR) is 111 cm³/mol. The summed E-state index contributed by atoms with van der Waals surface area (Å²) >= 11 is 0. The number of aromatic nitrogens is 1. The molecule has 1 aliphatic rings. The Hall–Kier alpha value is -3.48. The predicted octanol–water partition coefficient (Wildman–Crippen LogP) is 2.72. The standard InChI is InChI=1S/C22H23N3O4/c1-28-16-5-3-15(4-6-16)24-9-11-25(12-10-24)22(27)21(26)19-14-23-20-8-7-17(29-2)13-18(19)20/h3-8,13-14,23H,9-12H2,1-2H3. The van der Waals surface area contributed by atoms with Crippen LogP contribution in [-0.2, 0) is 4.79 Å². The number of H-pyrrole nitrogens is 1. The van der Waals surface area contributed by atoms with Crippen molar-refractivity contribution in [3.63, 3.8) is 0 Å². The summed E-state index contributed by atoms with van der Waals surface area (Å²) in [6.45, 7) is 2.35. The quantitative estimate of drug-likeness (QED) is 0.533. The van der Waals surface area contributed by atoms with Crippen molar-refractivity contribution in [2.45, 2.75) is 0 Å². The highest BCUT2D eigenvalue weighted by Crippen LogP contribution is 2.25. The number of nitrogens with one attached hydrogen (secondary N) is 1. The average Bonchev–Trinajstić information content (AvgIpc) is 3.21. The molecule has 150 valence electrons. The van der Waals surface area contributed by atoms with Gasteiger partial charge in [0, 0.05) is 49.0 Å². The van der Waals surface area contributed by atoms with Crippen molar-refractivity contribution in [3.05, 3.63) is 54.2 Å². The van der Waals surface area contributed by atoms with Crippen LogP contribution in [0.2, 0.25) is 0 Å². The van der Waals surface area contributed by atoms with Crippen LogP contribution in [0.25, 0.3) is 10.9 Å². The van der Waals surface area contributed by atoms with E-state index in [9.17, 15) is 9.59 Å². The number of fused-ring (bicyclic) bond motifs is 1. The fourth-order valence-electron chi connectivity index (χ4n) is 3.63. The molecule has 3 aromatic rings. The normalized spacial score (nSPS) is 14.1. The number of nitrogens with zero attached hydrogens (tertiary/aromatic N) is 2. The largest absolute Gasteiger partial charge is 0.497 e. The molecular weight excluding hydrogens is 370 g/mol. The van der Waals surface area contributed by atoms with Crippen LogP contribution in [-0.4, -0.2) is 62.0 Å². The van der Waals surface area contributed by atoms with E-state index in [2.05, 4.69) is 9.88 Å². The Kier molecular flexibility index (Phi) is 5.12. The van der Waals surface area contributed by atoms with Crippen molar-refractivity contribution in [1.82, 2.24) is 9.88 Å². The summed E-state index contributed by atoms with van der Waals surface area (Å²) in [6.07, 6.45) is 1.60. The number of ether oxygens (including phenoxy) is 2. The van der Waals surface area contributed by atoms with Gasteiger partial charge in [0.05, 0.1) is 19.8 Å². The second-order valence-corrected chi connectivity index (χ2v) is 6.92. The molecule has 0 bridgehead atoms. The number of methoxy groups -OCH3 is 2. The molecule has 0 saturated carbocycles. The molecule has 1 amide bonds. The van der Waals surface area contributed by atoms with E-state index in [4.69, 9.17) is 9.47 Å². The molecule has 0 spiro atoms. The third-order valence-corrected chi connectivity index (χ3v) is 5.33. The molecule has 1 N–H and O–H groups in total. The zero-order valence-corrected chi connectivity index (χ0v) is 16.5. The molecule has 7 nitrogen and oxygen atoms in total. The van der Waals surface area contributed by atoms with Gasteiger partial charge >= 0.3 is 0 Å². The Morgan fingerprint density at radius 2 is 1.55 bits per heavy atom. The van der Waals surface area contributed by atoms with Gasteiger partial charge in [0.15, 0.2) is 0 Å². The average molecular weight is 393 g/mol. The number of piperazine rings is 1. The van der Waals surface area contributed by atoms with Crippen LogP contribution in [0.1, 0.15) is 10.4 Å². The molecular formula is C22H23N3O4. The number of Topliss-reactive ketones (excluding diaryl/α,β-unsaturated/α-hetero) is 1. The SMILES string of the molecule is COc1ccc(N2CCN(C(=O)C(=O)c3c[nH]c4ccc(OC)cc34)CC2)cc1. The minimum absolute atomic E-state index is 0.376. The van der Waals surface area contributed by atoms with Gasteiger partial charge in [0.25, 0.3) is 11.7 Å². The zero-order chi connectivity index (χ0) is 20.4. The van der Waals surface area contributed by atoms with Crippen LogP contribution in [0.15, 0.2) is 48.7 Å². The van der Waals surface area contributed by atoms with Gasteiger partial charge in [-0.2, -0.15) is 0 Å². The number of hydrogen-bond donors (Lipinski definition) is 1. The van der Waals surface area contributed by atoms with Crippen molar-refractivity contribution in [2.75, 3.05) is 45.3 Å². The first-order valence-corrected chi connectivity index (χ1v) is 9.48. The Morgan fingerprint density at radius 1 is 0.897 bits per heavy atom. The molecule has 1 aliphatic heterocycles. The number of hydrogen-bond acceptors (Lipinski definition) is 5. The van der Waals surface area contributed by atoms with Crippen molar-refractivity contribution in [1.29, 1.82) is 0 Å². The maximum absolute atomic E-state index is 12.9. The molecule has 1 saturated heterocycles. The van der Waals surface area contributed by atoms with Gasteiger partial charge < -0.3 is 24.3 Å². The molecule has 29 heavy (non-hydrogen) atoms. The summed E-state index contributed by atoms with van der Waals surface area (Å²) in [5.41, 5.74) is 2.25. The molecule has 0 atom stereocenters. The fraction of sp³-hybridized carbons (Fsp3) is 0.273. The number of ketones is 1. The Bertz CT molecular complexity index is 1030. The van der Waals surface area contributed by atoms with E-state index < -0.39 is 11.7 Å². The zero-order valence-electron chi connectivity index (χ0n) is 16.5. The van der Waals surface area contributed by atoms with Crippen LogP contribution in [0.5, 0.6) is 11.5 Å². The van der Waals surface area contributed by atoms with Crippen LogP contribution in [0, 0.1) is 0 Å². The molecule has 7 heteroatoms. The molecule has 0 aliphatic carbocycles. The summed E-state index contributed by atoms with van der Waals surface area (Å²) in [5, 5.41) is 0.694. The van der Waals surface area contributed by atoms with Crippen molar-refractivity contribution in [2.24, 2.45) is 0 Å². The topological polar surface area (TPSA) is 74.9 Å². The Balaban J connectivity index is 1.44. The van der Waals surface area contributed by atoms with Crippen molar-refractivity contribution < 1.29 is 19.1 Å². The summed E-state index contributed by atoms with van der Waals surface area (Å²) in [5.74, 6) is 0.487. The highest BCUT2D eigenvalue weighted by molar-refractivity contribution is 6.44. The second kappa shape index (κ2) is 7.87. The third kappa shape index (κ3) is 3.63. The van der Waals surface area contributed by atoms with Crippen LogP contribution in [0.4, 0.5) is 5.69 Å². The van der Waals surface area contributed by atoms with Crippen LogP contribution < -0.4 is 14.4 Å². The third-order valence-electron chi connectivity index (χ3n) is 5.33. The van der Waals surface area contributed by atoms with Gasteiger partial charge in [-0.05, 0) is 42.5 Å². The lowest BCUT2D eigenvalue weighted by atomic mass is 10.1. The lowest BCUT2D eigenvalue weighted by molar-refractivity contribution is -0.126. The van der Waals surface area contributed by atoms with Gasteiger partial charge in [-0.3, -0.25) is 9.59 Å². The summed E-state index contributed by atoms with van der Waals surface area (Å²) < 4.78 is 10.4. The van der Waals surface area contributed by atoms with E-state index in [-0.39, 0.29) is 0 Å². The van der Waals surface area contributed by atoms with Gasteiger partial charge in [0.1, 0.15) is 11.5 Å². The maximum Gasteiger partial charge on any atom is 0.295 e. The van der Waals surface area contributed by atoms with Crippen LogP contribution in [0.3, 0.4) is 0 Å². The summed E-state index contributed by atoms with van der Waals surface area (Å²) in [6, 6.07) is 13.3. The second-order valence-electron chi connectivity index (χ2n) is 6.92. The van der Waals surface area contributed by atoms with Crippen LogP contribution >= 0.6 is 0 Å². The Morgan fingerprint density at radius 3 is 2.21 bits per heavy atom. The number of benzene rings is 2. The van der Waals surface area contributed by atoms with Crippen molar-refractivity contribution in [3.8, 4) is 11.5 Å². The van der Waals surface area contributed by atoms with Gasteiger partial charge in [-0.15, -0.1) is 0 Å². The van der Waals surface area contributed by atoms with E-state index in [1.165, 1.54) is 0 Å². The number of rotatable bonds is 5. The molecule has 2 aromatic carbocycles. The molecule has 2 heterocycles. The summed E-state index contributed by atoms with van der Waals surface area (Å²) in [7, 11) is 3.21. The van der Waals surface area contributed by atoms with E-state index in [1.54, 1.807) is 31.4 Å². The number of anilines is 1. The van der Waals surface area contributed by atoms with E-state index in [1.807, 2.05) is 36.4 Å². The molecule has 0 radical (unpaired) electrons. The molecule has 1 fully saturated rings. The van der Waals surface area contributed by atoms with Gasteiger partial charge in [0.2, 0.25) is 0 Å². The lowest BCUT2D eigenvalue weighted by Crippen LogP contribution is -2.50. The highest BCUT2D eigenvalue weighted by Gasteiger charge is 2.28. The van der Waals surface area contributed by atoms with Gasteiger partial charge in [-0.1, -0.05) is 0 Å². The van der Waals surface area contributed by atoms with E-state index >= 15 is 0 Å². The molecule has 4 rings (SSSR count). The van der Waals surface area contributed by atoms with Gasteiger partial charge in [-0.25, -0.2) is 0 Å². The number of aromatic amines is 1. The van der Waals surface area contributed by atoms with E-state index in [0.29, 0.717) is 42.9 Å². The lowest BCUT2D eigenvalue weighted by Gasteiger charge is -2.35. The number of amides is 1. The van der Waals surface area contributed by atoms with Crippen molar-refractivity contribution >= 4 is 28.3 Å². The minimum atomic E-state index is -0.498. The van der Waals surface area contributed by atoms with E-state index in [0.717, 1.165) is 17.0 Å².